The van der Waals surface area contributed by atoms with Gasteiger partial charge in [-0.25, -0.2) is 0 Å². The van der Waals surface area contributed by atoms with Crippen LogP contribution in [0.4, 0.5) is 5.82 Å². The van der Waals surface area contributed by atoms with Crippen LogP contribution in [0, 0.1) is 19.8 Å². The van der Waals surface area contributed by atoms with Crippen molar-refractivity contribution >= 4 is 5.82 Å². The lowest BCUT2D eigenvalue weighted by atomic mass is 9.98. The number of anilines is 1. The van der Waals surface area contributed by atoms with Crippen molar-refractivity contribution in [2.45, 2.75) is 33.2 Å². The highest BCUT2D eigenvalue weighted by molar-refractivity contribution is 5.51. The van der Waals surface area contributed by atoms with Crippen molar-refractivity contribution in [1.82, 2.24) is 10.2 Å². The van der Waals surface area contributed by atoms with Crippen molar-refractivity contribution in [1.29, 1.82) is 0 Å². The first-order valence-electron chi connectivity index (χ1n) is 6.94. The molecule has 0 radical (unpaired) electrons. The van der Waals surface area contributed by atoms with Crippen LogP contribution in [0.2, 0.25) is 0 Å². The Kier molecular flexibility index (Phi) is 4.71. The van der Waals surface area contributed by atoms with E-state index in [1.54, 1.807) is 7.11 Å². The van der Waals surface area contributed by atoms with E-state index in [1.807, 2.05) is 6.92 Å². The Morgan fingerprint density at radius 3 is 2.84 bits per heavy atom. The molecular formula is C14H24N4O. The Hall–Kier alpha value is -1.20. The first kappa shape index (κ1) is 14.2. The molecular weight excluding hydrogens is 240 g/mol. The molecule has 5 heteroatoms. The Morgan fingerprint density at radius 2 is 2.16 bits per heavy atom. The van der Waals surface area contributed by atoms with Crippen LogP contribution in [0.25, 0.3) is 0 Å². The normalized spacial score (nSPS) is 19.8. The van der Waals surface area contributed by atoms with Crippen molar-refractivity contribution in [2.24, 2.45) is 11.7 Å². The molecule has 1 aliphatic rings. The van der Waals surface area contributed by atoms with Crippen molar-refractivity contribution in [2.75, 3.05) is 31.7 Å². The van der Waals surface area contributed by atoms with E-state index in [4.69, 9.17) is 10.5 Å². The topological polar surface area (TPSA) is 64.3 Å². The van der Waals surface area contributed by atoms with Crippen LogP contribution < -0.4 is 10.6 Å². The molecule has 1 fully saturated rings. The average Bonchev–Trinajstić information content (AvgIpc) is 2.42. The van der Waals surface area contributed by atoms with Gasteiger partial charge in [0.05, 0.1) is 12.3 Å². The van der Waals surface area contributed by atoms with Gasteiger partial charge in [-0.3, -0.25) is 0 Å². The van der Waals surface area contributed by atoms with Crippen LogP contribution in [-0.4, -0.2) is 37.0 Å². The number of hydrogen-bond donors (Lipinski definition) is 1. The number of ether oxygens (including phenoxy) is 1. The second-order valence-corrected chi connectivity index (χ2v) is 5.33. The van der Waals surface area contributed by atoms with Gasteiger partial charge in [-0.15, -0.1) is 5.10 Å². The van der Waals surface area contributed by atoms with Gasteiger partial charge in [0, 0.05) is 32.3 Å². The van der Waals surface area contributed by atoms with Crippen molar-refractivity contribution in [3.8, 4) is 0 Å². The van der Waals surface area contributed by atoms with Crippen LogP contribution in [0.5, 0.6) is 0 Å². The molecule has 2 rings (SSSR count). The van der Waals surface area contributed by atoms with Crippen molar-refractivity contribution in [3.63, 3.8) is 0 Å². The van der Waals surface area contributed by atoms with Crippen LogP contribution >= 0.6 is 0 Å². The fraction of sp³-hybridized carbons (Fsp3) is 0.714. The predicted octanol–water partition coefficient (Wildman–Crippen LogP) is 1.41. The van der Waals surface area contributed by atoms with Gasteiger partial charge >= 0.3 is 0 Å². The van der Waals surface area contributed by atoms with Crippen molar-refractivity contribution < 1.29 is 4.74 Å². The first-order chi connectivity index (χ1) is 9.17. The Balaban J connectivity index is 2.23. The zero-order valence-corrected chi connectivity index (χ0v) is 12.1. The molecule has 1 aromatic rings. The number of nitrogens with zero attached hydrogens (tertiary/aromatic N) is 3. The van der Waals surface area contributed by atoms with Crippen LogP contribution in [0.1, 0.15) is 29.7 Å². The second kappa shape index (κ2) is 6.30. The molecule has 19 heavy (non-hydrogen) atoms. The number of aromatic nitrogens is 2. The fourth-order valence-electron chi connectivity index (χ4n) is 2.77. The summed E-state index contributed by atoms with van der Waals surface area (Å²) in [6, 6.07) is 0. The van der Waals surface area contributed by atoms with Gasteiger partial charge in [0.1, 0.15) is 0 Å². The molecule has 0 aliphatic carbocycles. The van der Waals surface area contributed by atoms with E-state index in [9.17, 15) is 0 Å². The molecule has 1 saturated heterocycles. The standard InChI is InChI=1S/C14H24N4O/c1-10-11(2)16-17-14(13(10)7-15)18-6-4-5-12(8-18)9-19-3/h12H,4-9,15H2,1-3H3. The maximum atomic E-state index is 5.90. The van der Waals surface area contributed by atoms with E-state index in [2.05, 4.69) is 22.0 Å². The molecule has 0 bridgehead atoms. The lowest BCUT2D eigenvalue weighted by Gasteiger charge is -2.34. The highest BCUT2D eigenvalue weighted by Crippen LogP contribution is 2.26. The summed E-state index contributed by atoms with van der Waals surface area (Å²) in [6.07, 6.45) is 2.40. The van der Waals surface area contributed by atoms with E-state index in [-0.39, 0.29) is 0 Å². The predicted molar refractivity (Wildman–Crippen MR) is 76.2 cm³/mol. The molecule has 1 aromatic heterocycles. The first-order valence-corrected chi connectivity index (χ1v) is 6.94. The summed E-state index contributed by atoms with van der Waals surface area (Å²) in [4.78, 5) is 2.31. The molecule has 2 N–H and O–H groups in total. The van der Waals surface area contributed by atoms with Gasteiger partial charge < -0.3 is 15.4 Å². The number of methoxy groups -OCH3 is 1. The number of aryl methyl sites for hydroxylation is 1. The highest BCUT2D eigenvalue weighted by Gasteiger charge is 2.23. The minimum absolute atomic E-state index is 0.517. The van der Waals surface area contributed by atoms with Gasteiger partial charge in [-0.1, -0.05) is 0 Å². The van der Waals surface area contributed by atoms with Crippen LogP contribution in [0.15, 0.2) is 0 Å². The smallest absolute Gasteiger partial charge is 0.156 e. The van der Waals surface area contributed by atoms with E-state index in [1.165, 1.54) is 18.4 Å². The maximum absolute atomic E-state index is 5.90. The number of nitrogens with two attached hydrogens (primary N) is 1. The molecule has 1 atom stereocenters. The Morgan fingerprint density at radius 1 is 1.37 bits per heavy atom. The van der Waals surface area contributed by atoms with E-state index in [0.29, 0.717) is 12.5 Å². The lowest BCUT2D eigenvalue weighted by Crippen LogP contribution is -2.38. The third-order valence-electron chi connectivity index (χ3n) is 3.99. The zero-order valence-electron chi connectivity index (χ0n) is 12.1. The molecule has 1 unspecified atom stereocenters. The van der Waals surface area contributed by atoms with E-state index in [0.717, 1.165) is 36.8 Å². The fourth-order valence-corrected chi connectivity index (χ4v) is 2.77. The zero-order chi connectivity index (χ0) is 13.8. The minimum atomic E-state index is 0.517. The monoisotopic (exact) mass is 264 g/mol. The third-order valence-corrected chi connectivity index (χ3v) is 3.99. The summed E-state index contributed by atoms with van der Waals surface area (Å²) in [7, 11) is 1.76. The highest BCUT2D eigenvalue weighted by atomic mass is 16.5. The summed E-state index contributed by atoms with van der Waals surface area (Å²) in [5, 5.41) is 8.64. The van der Waals surface area contributed by atoms with Crippen LogP contribution in [0.3, 0.4) is 0 Å². The Labute approximate surface area is 115 Å². The summed E-state index contributed by atoms with van der Waals surface area (Å²) < 4.78 is 5.28. The van der Waals surface area contributed by atoms with Gasteiger partial charge in [0.25, 0.3) is 0 Å². The van der Waals surface area contributed by atoms with E-state index >= 15 is 0 Å². The van der Waals surface area contributed by atoms with Crippen molar-refractivity contribution in [3.05, 3.63) is 16.8 Å². The number of piperidine rings is 1. The number of rotatable bonds is 4. The summed E-state index contributed by atoms with van der Waals surface area (Å²) in [6.45, 7) is 7.40. The molecule has 0 saturated carbocycles. The summed E-state index contributed by atoms with van der Waals surface area (Å²) in [5.74, 6) is 1.54. The lowest BCUT2D eigenvalue weighted by molar-refractivity contribution is 0.143. The SMILES string of the molecule is COCC1CCCN(c2nnc(C)c(C)c2CN)C1. The molecule has 2 heterocycles. The van der Waals surface area contributed by atoms with Gasteiger partial charge in [-0.05, 0) is 38.2 Å². The van der Waals surface area contributed by atoms with Gasteiger partial charge in [-0.2, -0.15) is 5.10 Å². The summed E-state index contributed by atoms with van der Waals surface area (Å²) >= 11 is 0. The molecule has 106 valence electrons. The average molecular weight is 264 g/mol. The molecule has 0 aromatic carbocycles. The maximum Gasteiger partial charge on any atom is 0.156 e. The molecule has 1 aliphatic heterocycles. The third kappa shape index (κ3) is 3.04. The molecule has 0 spiro atoms. The van der Waals surface area contributed by atoms with Gasteiger partial charge in [0.15, 0.2) is 5.82 Å². The second-order valence-electron chi connectivity index (χ2n) is 5.33. The molecule has 5 nitrogen and oxygen atoms in total. The quantitative estimate of drug-likeness (QED) is 0.891. The largest absolute Gasteiger partial charge is 0.384 e. The van der Waals surface area contributed by atoms with Crippen LogP contribution in [-0.2, 0) is 11.3 Å². The summed E-state index contributed by atoms with van der Waals surface area (Å²) in [5.41, 5.74) is 9.17. The molecule has 0 amide bonds. The number of hydrogen-bond acceptors (Lipinski definition) is 5. The van der Waals surface area contributed by atoms with E-state index < -0.39 is 0 Å². The minimum Gasteiger partial charge on any atom is -0.384 e. The Bertz CT molecular complexity index is 434. The van der Waals surface area contributed by atoms with Gasteiger partial charge in [0.2, 0.25) is 0 Å².